The molecule has 1 heterocycles. The van der Waals surface area contributed by atoms with E-state index in [2.05, 4.69) is 6.58 Å². The summed E-state index contributed by atoms with van der Waals surface area (Å²) < 4.78 is 11.1. The lowest BCUT2D eigenvalue weighted by atomic mass is 9.80. The third-order valence-electron chi connectivity index (χ3n) is 2.68. The second-order valence-electron chi connectivity index (χ2n) is 4.23. The molecule has 1 aliphatic heterocycles. The standard InChI is InChI=1S/C9H14BNO2/c1-7(6-11)10-12-8(2,3)9(4,5)13-10/h1H2,2-5H3. The van der Waals surface area contributed by atoms with Gasteiger partial charge in [0, 0.05) is 0 Å². The molecule has 0 aromatic carbocycles. The van der Waals surface area contributed by atoms with E-state index in [1.165, 1.54) is 0 Å². The molecule has 1 fully saturated rings. The molecule has 0 unspecified atom stereocenters. The minimum atomic E-state index is -0.588. The molecular weight excluding hydrogens is 165 g/mol. The molecule has 0 amide bonds. The van der Waals surface area contributed by atoms with Gasteiger partial charge in [0.15, 0.2) is 0 Å². The summed E-state index contributed by atoms with van der Waals surface area (Å²) in [5, 5.41) is 8.63. The summed E-state index contributed by atoms with van der Waals surface area (Å²) in [4.78, 5) is 0. The molecule has 0 aromatic rings. The highest BCUT2D eigenvalue weighted by molar-refractivity contribution is 6.55. The molecule has 0 aromatic heterocycles. The van der Waals surface area contributed by atoms with E-state index in [1.54, 1.807) is 0 Å². The van der Waals surface area contributed by atoms with Gasteiger partial charge in [0.2, 0.25) is 0 Å². The quantitative estimate of drug-likeness (QED) is 0.454. The van der Waals surface area contributed by atoms with Gasteiger partial charge in [0.1, 0.15) is 0 Å². The smallest absolute Gasteiger partial charge is 0.399 e. The molecule has 3 nitrogen and oxygen atoms in total. The van der Waals surface area contributed by atoms with Gasteiger partial charge in [0.25, 0.3) is 0 Å². The summed E-state index contributed by atoms with van der Waals surface area (Å²) in [7, 11) is -0.588. The van der Waals surface area contributed by atoms with E-state index >= 15 is 0 Å². The predicted octanol–water partition coefficient (Wildman–Crippen LogP) is 1.70. The zero-order valence-electron chi connectivity index (χ0n) is 8.55. The molecule has 0 N–H and O–H groups in total. The summed E-state index contributed by atoms with van der Waals surface area (Å²) in [5.41, 5.74) is -0.465. The Morgan fingerprint density at radius 3 is 1.92 bits per heavy atom. The molecule has 0 bridgehead atoms. The number of nitrogens with zero attached hydrogens (tertiary/aromatic N) is 1. The van der Waals surface area contributed by atoms with Gasteiger partial charge in [-0.05, 0) is 27.7 Å². The number of allylic oxidation sites excluding steroid dienone is 1. The van der Waals surface area contributed by atoms with Crippen molar-refractivity contribution >= 4 is 7.12 Å². The Kier molecular flexibility index (Phi) is 2.27. The van der Waals surface area contributed by atoms with E-state index in [0.717, 1.165) is 0 Å². The Labute approximate surface area is 79.5 Å². The van der Waals surface area contributed by atoms with Crippen LogP contribution in [-0.2, 0) is 9.31 Å². The lowest BCUT2D eigenvalue weighted by Crippen LogP contribution is -2.41. The van der Waals surface area contributed by atoms with E-state index in [1.807, 2.05) is 33.8 Å². The summed E-state index contributed by atoms with van der Waals surface area (Å²) in [6.45, 7) is 11.3. The van der Waals surface area contributed by atoms with Gasteiger partial charge in [-0.25, -0.2) is 0 Å². The second-order valence-corrected chi connectivity index (χ2v) is 4.23. The fourth-order valence-corrected chi connectivity index (χ4v) is 1.04. The zero-order valence-corrected chi connectivity index (χ0v) is 8.55. The molecule has 0 spiro atoms. The Morgan fingerprint density at radius 1 is 1.23 bits per heavy atom. The first-order valence-corrected chi connectivity index (χ1v) is 4.25. The first-order valence-electron chi connectivity index (χ1n) is 4.25. The van der Waals surface area contributed by atoms with Gasteiger partial charge in [-0.2, -0.15) is 5.26 Å². The van der Waals surface area contributed by atoms with Crippen LogP contribution in [0.3, 0.4) is 0 Å². The minimum Gasteiger partial charge on any atom is -0.399 e. The van der Waals surface area contributed by atoms with Crippen molar-refractivity contribution < 1.29 is 9.31 Å². The van der Waals surface area contributed by atoms with Gasteiger partial charge < -0.3 is 9.31 Å². The summed E-state index contributed by atoms with van der Waals surface area (Å²) in [6.07, 6.45) is 0. The Balaban J connectivity index is 2.84. The van der Waals surface area contributed by atoms with Crippen molar-refractivity contribution in [1.29, 1.82) is 5.26 Å². The fourth-order valence-electron chi connectivity index (χ4n) is 1.04. The first kappa shape index (κ1) is 10.3. The lowest BCUT2D eigenvalue weighted by Gasteiger charge is -2.32. The van der Waals surface area contributed by atoms with Crippen LogP contribution in [0.1, 0.15) is 27.7 Å². The molecule has 70 valence electrons. The normalized spacial score (nSPS) is 24.1. The third-order valence-corrected chi connectivity index (χ3v) is 2.68. The van der Waals surface area contributed by atoms with Crippen molar-refractivity contribution in [2.24, 2.45) is 0 Å². The molecule has 0 atom stereocenters. The van der Waals surface area contributed by atoms with Crippen molar-refractivity contribution in [2.45, 2.75) is 38.9 Å². The molecule has 0 radical (unpaired) electrons. The van der Waals surface area contributed by atoms with Crippen LogP contribution in [0.4, 0.5) is 0 Å². The topological polar surface area (TPSA) is 42.2 Å². The van der Waals surface area contributed by atoms with Crippen LogP contribution in [0, 0.1) is 11.3 Å². The van der Waals surface area contributed by atoms with Crippen molar-refractivity contribution in [1.82, 2.24) is 0 Å². The number of hydrogen-bond acceptors (Lipinski definition) is 3. The zero-order chi connectivity index (χ0) is 10.3. The van der Waals surface area contributed by atoms with Gasteiger partial charge >= 0.3 is 7.12 Å². The minimum absolute atomic E-state index is 0.318. The van der Waals surface area contributed by atoms with Crippen LogP contribution in [0.5, 0.6) is 0 Å². The number of hydrogen-bond donors (Lipinski definition) is 0. The maximum Gasteiger partial charge on any atom is 0.505 e. The van der Waals surface area contributed by atoms with Crippen molar-refractivity contribution in [3.8, 4) is 6.07 Å². The van der Waals surface area contributed by atoms with E-state index in [9.17, 15) is 0 Å². The first-order chi connectivity index (χ1) is 5.80. The highest BCUT2D eigenvalue weighted by Crippen LogP contribution is 2.37. The predicted molar refractivity (Wildman–Crippen MR) is 50.8 cm³/mol. The van der Waals surface area contributed by atoms with E-state index in [0.29, 0.717) is 5.47 Å². The van der Waals surface area contributed by atoms with Crippen LogP contribution in [0.25, 0.3) is 0 Å². The molecule has 0 saturated carbocycles. The lowest BCUT2D eigenvalue weighted by molar-refractivity contribution is 0.00578. The average Bonchev–Trinajstić information content (AvgIpc) is 2.20. The molecule has 4 heteroatoms. The Morgan fingerprint density at radius 2 is 1.62 bits per heavy atom. The van der Waals surface area contributed by atoms with E-state index < -0.39 is 18.3 Å². The van der Waals surface area contributed by atoms with Crippen LogP contribution >= 0.6 is 0 Å². The number of rotatable bonds is 1. The monoisotopic (exact) mass is 179 g/mol. The summed E-state index contributed by atoms with van der Waals surface area (Å²) in [6, 6.07) is 1.94. The van der Waals surface area contributed by atoms with Crippen LogP contribution in [-0.4, -0.2) is 18.3 Å². The second kappa shape index (κ2) is 2.86. The molecule has 1 rings (SSSR count). The molecule has 0 aliphatic carbocycles. The van der Waals surface area contributed by atoms with Crippen LogP contribution in [0.15, 0.2) is 12.1 Å². The highest BCUT2D eigenvalue weighted by atomic mass is 16.7. The average molecular weight is 179 g/mol. The van der Waals surface area contributed by atoms with E-state index in [-0.39, 0.29) is 0 Å². The summed E-state index contributed by atoms with van der Waals surface area (Å²) in [5.74, 6) is 0. The van der Waals surface area contributed by atoms with Crippen molar-refractivity contribution in [2.75, 3.05) is 0 Å². The SMILES string of the molecule is C=C(C#N)B1OC(C)(C)C(C)(C)O1. The van der Waals surface area contributed by atoms with Crippen LogP contribution in [0.2, 0.25) is 0 Å². The van der Waals surface area contributed by atoms with Crippen molar-refractivity contribution in [3.63, 3.8) is 0 Å². The van der Waals surface area contributed by atoms with Gasteiger partial charge in [-0.15, -0.1) is 0 Å². The van der Waals surface area contributed by atoms with Gasteiger partial charge in [-0.1, -0.05) is 6.58 Å². The maximum absolute atomic E-state index is 8.63. The largest absolute Gasteiger partial charge is 0.505 e. The fraction of sp³-hybridized carbons (Fsp3) is 0.667. The Bertz CT molecular complexity index is 262. The Hall–Kier alpha value is -0.785. The van der Waals surface area contributed by atoms with E-state index in [4.69, 9.17) is 14.6 Å². The highest BCUT2D eigenvalue weighted by Gasteiger charge is 2.52. The third kappa shape index (κ3) is 1.62. The number of nitriles is 1. The van der Waals surface area contributed by atoms with Crippen molar-refractivity contribution in [3.05, 3.63) is 12.1 Å². The van der Waals surface area contributed by atoms with Crippen LogP contribution < -0.4 is 0 Å². The van der Waals surface area contributed by atoms with Gasteiger partial charge in [0.05, 0.1) is 22.7 Å². The molecule has 1 aliphatic rings. The maximum atomic E-state index is 8.63. The molecule has 13 heavy (non-hydrogen) atoms. The summed E-state index contributed by atoms with van der Waals surface area (Å²) >= 11 is 0. The molecular formula is C9H14BNO2. The van der Waals surface area contributed by atoms with Gasteiger partial charge in [-0.3, -0.25) is 0 Å². The molecule has 1 saturated heterocycles.